The molecule has 13 aliphatic rings. The van der Waals surface area contributed by atoms with Crippen LogP contribution in [0.4, 0.5) is 0 Å². The van der Waals surface area contributed by atoms with Gasteiger partial charge < -0.3 is 23.7 Å². The largest absolute Gasteiger partial charge is 0.465 e. The number of rotatable bonds is 8. The van der Waals surface area contributed by atoms with Crippen LogP contribution in [0.25, 0.3) is 0 Å². The lowest BCUT2D eigenvalue weighted by molar-refractivity contribution is -0.317. The molecule has 1 heterocycles. The molecule has 284 valence electrons. The van der Waals surface area contributed by atoms with Gasteiger partial charge in [0.05, 0.1) is 22.9 Å². The van der Waals surface area contributed by atoms with Gasteiger partial charge in [-0.1, -0.05) is 0 Å². The number of hydrogen-bond donors (Lipinski definition) is 0. The summed E-state index contributed by atoms with van der Waals surface area (Å²) < 4.78 is 32.5. The number of carbonyl (C=O) groups is 5. The van der Waals surface area contributed by atoms with E-state index in [2.05, 4.69) is 0 Å². The lowest BCUT2D eigenvalue weighted by Gasteiger charge is -2.62. The van der Waals surface area contributed by atoms with Crippen molar-refractivity contribution in [2.24, 2.45) is 74.9 Å². The Kier molecular flexibility index (Phi) is 7.47. The van der Waals surface area contributed by atoms with Crippen molar-refractivity contribution in [1.29, 1.82) is 0 Å². The zero-order valence-corrected chi connectivity index (χ0v) is 31.2. The van der Waals surface area contributed by atoms with Crippen LogP contribution in [0.1, 0.15) is 117 Å². The van der Waals surface area contributed by atoms with Crippen LogP contribution in [0.15, 0.2) is 0 Å². The summed E-state index contributed by atoms with van der Waals surface area (Å²) in [5.41, 5.74) is -1.86. The molecule has 0 radical (unpaired) electrons. The molecule has 1 saturated heterocycles. The topological polar surface area (TPSA) is 132 Å². The molecule has 8 unspecified atom stereocenters. The number of ketones is 2. The van der Waals surface area contributed by atoms with Gasteiger partial charge in [0.2, 0.25) is 0 Å². The Labute approximate surface area is 306 Å². The highest BCUT2D eigenvalue weighted by atomic mass is 16.8. The minimum absolute atomic E-state index is 0.0154. The molecule has 0 aromatic carbocycles. The van der Waals surface area contributed by atoms with Gasteiger partial charge in [-0.3, -0.25) is 24.0 Å². The molecular formula is C42H56O10. The van der Waals surface area contributed by atoms with Crippen molar-refractivity contribution in [3.05, 3.63) is 0 Å². The van der Waals surface area contributed by atoms with Crippen LogP contribution in [0.2, 0.25) is 0 Å². The zero-order valence-electron chi connectivity index (χ0n) is 31.2. The van der Waals surface area contributed by atoms with Gasteiger partial charge in [-0.05, 0) is 135 Å². The molecule has 0 N–H and O–H groups in total. The summed E-state index contributed by atoms with van der Waals surface area (Å²) in [5.74, 6) is 0.601. The van der Waals surface area contributed by atoms with Gasteiger partial charge in [-0.15, -0.1) is 0 Å². The van der Waals surface area contributed by atoms with E-state index in [0.717, 1.165) is 70.6 Å². The smallest absolute Gasteiger partial charge is 0.312 e. The molecule has 0 aromatic rings. The van der Waals surface area contributed by atoms with E-state index >= 15 is 0 Å². The number of Topliss-reactive ketones (excluding diaryl/α,β-unsaturated/α-hetero) is 2. The van der Waals surface area contributed by atoms with Crippen LogP contribution in [-0.4, -0.2) is 67.3 Å². The second-order valence-corrected chi connectivity index (χ2v) is 21.0. The first-order valence-electron chi connectivity index (χ1n) is 20.6. The van der Waals surface area contributed by atoms with Crippen molar-refractivity contribution < 1.29 is 47.7 Å². The first-order valence-corrected chi connectivity index (χ1v) is 20.6. The maximum atomic E-state index is 14.0. The predicted molar refractivity (Wildman–Crippen MR) is 183 cm³/mol. The van der Waals surface area contributed by atoms with Crippen molar-refractivity contribution in [1.82, 2.24) is 0 Å². The van der Waals surface area contributed by atoms with Crippen molar-refractivity contribution in [2.75, 3.05) is 19.8 Å². The van der Waals surface area contributed by atoms with Gasteiger partial charge in [0.1, 0.15) is 37.0 Å². The summed E-state index contributed by atoms with van der Waals surface area (Å²) in [5, 5.41) is 0. The first-order chi connectivity index (χ1) is 24.7. The second-order valence-electron chi connectivity index (χ2n) is 21.0. The molecule has 0 amide bonds. The van der Waals surface area contributed by atoms with Gasteiger partial charge >= 0.3 is 17.9 Å². The van der Waals surface area contributed by atoms with Crippen molar-refractivity contribution >= 4 is 29.5 Å². The monoisotopic (exact) mass is 720 g/mol. The van der Waals surface area contributed by atoms with Crippen LogP contribution in [-0.2, 0) is 47.7 Å². The Balaban J connectivity index is 0.871. The van der Waals surface area contributed by atoms with Gasteiger partial charge in [-0.25, -0.2) is 0 Å². The SMILES string of the molecule is CC(C)(C)C(=O)OCC12CC3CC(C1)C1(OC(COC(=O)C45CC6CC(C4)C(=O)C(C6)C5)C(COC(=O)C45CC6CC(C4)C(=O)C(C6)C5)O1)C(C3)C2. The van der Waals surface area contributed by atoms with Crippen LogP contribution >= 0.6 is 0 Å². The minimum Gasteiger partial charge on any atom is -0.465 e. The maximum absolute atomic E-state index is 14.0. The lowest BCUT2D eigenvalue weighted by Crippen LogP contribution is -2.63. The zero-order chi connectivity index (χ0) is 36.0. The Morgan fingerprint density at radius 1 is 0.596 bits per heavy atom. The van der Waals surface area contributed by atoms with E-state index < -0.39 is 34.2 Å². The molecule has 1 spiro atoms. The summed E-state index contributed by atoms with van der Waals surface area (Å²) in [6, 6.07) is 0. The van der Waals surface area contributed by atoms with Crippen molar-refractivity contribution in [3.8, 4) is 0 Å². The van der Waals surface area contributed by atoms with Crippen LogP contribution in [0, 0.1) is 74.9 Å². The molecule has 12 aliphatic carbocycles. The first kappa shape index (κ1) is 34.2. The predicted octanol–water partition coefficient (Wildman–Crippen LogP) is 5.76. The fraction of sp³-hybridized carbons (Fsp3) is 0.881. The molecule has 13 rings (SSSR count). The van der Waals surface area contributed by atoms with Gasteiger partial charge in [0.15, 0.2) is 5.79 Å². The summed E-state index contributed by atoms with van der Waals surface area (Å²) in [6.45, 7) is 6.09. The average Bonchev–Trinajstić information content (AvgIpc) is 3.46. The minimum atomic E-state index is -0.872. The number of ether oxygens (including phenoxy) is 5. The number of carbonyl (C=O) groups excluding carboxylic acids is 5. The van der Waals surface area contributed by atoms with E-state index in [4.69, 9.17) is 23.7 Å². The molecule has 1 aliphatic heterocycles. The average molecular weight is 721 g/mol. The normalized spacial score (nSPS) is 50.3. The molecule has 12 saturated carbocycles. The molecule has 13 fully saturated rings. The van der Waals surface area contributed by atoms with E-state index in [-0.39, 0.29) is 72.0 Å². The van der Waals surface area contributed by atoms with Gasteiger partial charge in [0, 0.05) is 40.9 Å². The molecule has 8 atom stereocenters. The van der Waals surface area contributed by atoms with E-state index in [0.29, 0.717) is 61.6 Å². The van der Waals surface area contributed by atoms with Crippen LogP contribution < -0.4 is 0 Å². The third kappa shape index (κ3) is 5.10. The molecule has 12 bridgehead atoms. The van der Waals surface area contributed by atoms with Gasteiger partial charge in [-0.2, -0.15) is 0 Å². The third-order valence-corrected chi connectivity index (χ3v) is 16.3. The van der Waals surface area contributed by atoms with Gasteiger partial charge in [0.25, 0.3) is 0 Å². The standard InChI is InChI=1S/C42H56O10/c1-38(2,3)35(45)50-21-39-10-24-8-29(17-39)42(30(9-24)18-39)51-31(19-48-36(46)40-11-22-4-25(13-40)33(43)26(5-22)14-40)32(52-42)20-49-37(47)41-12-23-6-27(15-41)34(44)28(7-23)16-41/h22-32H,4-21H2,1-3H3. The highest BCUT2D eigenvalue weighted by Crippen LogP contribution is 2.67. The van der Waals surface area contributed by atoms with Crippen molar-refractivity contribution in [2.45, 2.75) is 135 Å². The molecule has 52 heavy (non-hydrogen) atoms. The molecule has 10 heteroatoms. The van der Waals surface area contributed by atoms with E-state index in [1.165, 1.54) is 0 Å². The Morgan fingerprint density at radius 3 is 1.44 bits per heavy atom. The summed E-state index contributed by atoms with van der Waals surface area (Å²) in [6.07, 6.45) is 11.0. The summed E-state index contributed by atoms with van der Waals surface area (Å²) >= 11 is 0. The van der Waals surface area contributed by atoms with Crippen LogP contribution in [0.5, 0.6) is 0 Å². The number of esters is 3. The van der Waals surface area contributed by atoms with Crippen LogP contribution in [0.3, 0.4) is 0 Å². The molecule has 0 aromatic heterocycles. The fourth-order valence-corrected chi connectivity index (χ4v) is 14.6. The maximum Gasteiger partial charge on any atom is 0.312 e. The Bertz CT molecular complexity index is 1460. The highest BCUT2D eigenvalue weighted by molar-refractivity contribution is 5.90. The Hall–Kier alpha value is -2.33. The molecule has 10 nitrogen and oxygen atoms in total. The number of hydrogen-bond acceptors (Lipinski definition) is 10. The lowest BCUT2D eigenvalue weighted by atomic mass is 9.47. The third-order valence-electron chi connectivity index (χ3n) is 16.3. The highest BCUT2D eigenvalue weighted by Gasteiger charge is 2.69. The van der Waals surface area contributed by atoms with Crippen molar-refractivity contribution in [3.63, 3.8) is 0 Å². The Morgan fingerprint density at radius 2 is 1.02 bits per heavy atom. The molecular weight excluding hydrogens is 664 g/mol. The fourth-order valence-electron chi connectivity index (χ4n) is 14.6. The van der Waals surface area contributed by atoms with E-state index in [1.807, 2.05) is 20.8 Å². The van der Waals surface area contributed by atoms with E-state index in [9.17, 15) is 24.0 Å². The second kappa shape index (κ2) is 11.4. The summed E-state index contributed by atoms with van der Waals surface area (Å²) in [4.78, 5) is 66.5. The quantitative estimate of drug-likeness (QED) is 0.225. The summed E-state index contributed by atoms with van der Waals surface area (Å²) in [7, 11) is 0. The van der Waals surface area contributed by atoms with E-state index in [1.54, 1.807) is 0 Å².